The zero-order chi connectivity index (χ0) is 12.5. The fourth-order valence-electron chi connectivity index (χ4n) is 1.43. The molecule has 0 aliphatic carbocycles. The minimum absolute atomic E-state index is 0.155. The van der Waals surface area contributed by atoms with Gasteiger partial charge in [0.1, 0.15) is 9.88 Å². The number of thiophene rings is 1. The van der Waals surface area contributed by atoms with Crippen LogP contribution in [0.1, 0.15) is 28.5 Å². The van der Waals surface area contributed by atoms with E-state index in [0.717, 1.165) is 5.01 Å². The summed E-state index contributed by atoms with van der Waals surface area (Å²) in [6.45, 7) is 3.85. The zero-order valence-corrected chi connectivity index (χ0v) is 11.2. The summed E-state index contributed by atoms with van der Waals surface area (Å²) in [5, 5.41) is 7.52. The van der Waals surface area contributed by atoms with Gasteiger partial charge in [0, 0.05) is 11.6 Å². The quantitative estimate of drug-likeness (QED) is 0.897. The number of nitrogens with zero attached hydrogens (tertiary/aromatic N) is 1. The van der Waals surface area contributed by atoms with Crippen LogP contribution >= 0.6 is 22.7 Å². The molecule has 0 saturated heterocycles. The van der Waals surface area contributed by atoms with Crippen LogP contribution in [0.15, 0.2) is 23.0 Å². The van der Waals surface area contributed by atoms with E-state index in [4.69, 9.17) is 5.73 Å². The average molecular weight is 267 g/mol. The fraction of sp³-hybridized carbons (Fsp3) is 0.273. The summed E-state index contributed by atoms with van der Waals surface area (Å²) in [5.41, 5.74) is 5.75. The molecular weight excluding hydrogens is 254 g/mol. The summed E-state index contributed by atoms with van der Waals surface area (Å²) >= 11 is 2.86. The highest BCUT2D eigenvalue weighted by Crippen LogP contribution is 2.25. The Morgan fingerprint density at radius 1 is 1.41 bits per heavy atom. The fourth-order valence-corrected chi connectivity index (χ4v) is 2.86. The van der Waals surface area contributed by atoms with E-state index >= 15 is 0 Å². The van der Waals surface area contributed by atoms with Crippen molar-refractivity contribution in [3.8, 4) is 0 Å². The van der Waals surface area contributed by atoms with E-state index in [-0.39, 0.29) is 5.91 Å². The highest BCUT2D eigenvalue weighted by molar-refractivity contribution is 7.12. The lowest BCUT2D eigenvalue weighted by atomic mass is 10.1. The summed E-state index contributed by atoms with van der Waals surface area (Å²) in [7, 11) is 0. The highest BCUT2D eigenvalue weighted by Gasteiger charge is 2.27. The number of thiazole rings is 1. The summed E-state index contributed by atoms with van der Waals surface area (Å²) in [4.78, 5) is 16.8. The minimum Gasteiger partial charge on any atom is -0.397 e. The molecule has 2 heterocycles. The summed E-state index contributed by atoms with van der Waals surface area (Å²) < 4.78 is 0. The van der Waals surface area contributed by atoms with Gasteiger partial charge in [-0.05, 0) is 25.3 Å². The van der Waals surface area contributed by atoms with Crippen molar-refractivity contribution >= 4 is 34.3 Å². The molecule has 3 N–H and O–H groups in total. The number of carbonyl (C=O) groups is 1. The average Bonchev–Trinajstić information content (AvgIpc) is 2.85. The number of amides is 1. The third kappa shape index (κ3) is 2.48. The Kier molecular flexibility index (Phi) is 3.17. The lowest BCUT2D eigenvalue weighted by Gasteiger charge is -2.23. The van der Waals surface area contributed by atoms with Crippen LogP contribution in [0.25, 0.3) is 0 Å². The first-order chi connectivity index (χ1) is 8.00. The lowest BCUT2D eigenvalue weighted by molar-refractivity contribution is 0.0917. The number of hydrogen-bond acceptors (Lipinski definition) is 5. The molecule has 0 aromatic carbocycles. The van der Waals surface area contributed by atoms with Gasteiger partial charge in [0.2, 0.25) is 0 Å². The second-order valence-corrected chi connectivity index (χ2v) is 5.93. The third-order valence-electron chi connectivity index (χ3n) is 2.29. The standard InChI is InChI=1S/C11H13N3OS2/c1-11(2,10-13-4-6-17-10)14-9(15)8-7(12)3-5-16-8/h3-6H,12H2,1-2H3,(H,14,15). The lowest BCUT2D eigenvalue weighted by Crippen LogP contribution is -2.40. The number of nitrogens with two attached hydrogens (primary N) is 1. The molecule has 0 bridgehead atoms. The maximum Gasteiger partial charge on any atom is 0.264 e. The van der Waals surface area contributed by atoms with Crippen LogP contribution < -0.4 is 11.1 Å². The highest BCUT2D eigenvalue weighted by atomic mass is 32.1. The van der Waals surface area contributed by atoms with E-state index in [2.05, 4.69) is 10.3 Å². The van der Waals surface area contributed by atoms with Gasteiger partial charge < -0.3 is 11.1 Å². The Morgan fingerprint density at radius 3 is 2.71 bits per heavy atom. The third-order valence-corrected chi connectivity index (χ3v) is 4.32. The predicted octanol–water partition coefficient (Wildman–Crippen LogP) is 2.45. The van der Waals surface area contributed by atoms with Crippen molar-refractivity contribution in [1.29, 1.82) is 0 Å². The SMILES string of the molecule is CC(C)(NC(=O)c1sccc1N)c1nccs1. The molecule has 0 atom stereocenters. The molecule has 2 aromatic rings. The molecule has 0 saturated carbocycles. The Hall–Kier alpha value is -1.40. The van der Waals surface area contributed by atoms with Gasteiger partial charge in [-0.3, -0.25) is 4.79 Å². The van der Waals surface area contributed by atoms with Crippen LogP contribution in [0, 0.1) is 0 Å². The van der Waals surface area contributed by atoms with E-state index in [1.807, 2.05) is 19.2 Å². The molecule has 2 rings (SSSR count). The normalized spacial score (nSPS) is 11.4. The molecule has 0 fully saturated rings. The van der Waals surface area contributed by atoms with Crippen molar-refractivity contribution in [3.05, 3.63) is 32.9 Å². The molecule has 0 aliphatic rings. The Bertz CT molecular complexity index is 517. The van der Waals surface area contributed by atoms with Gasteiger partial charge in [-0.2, -0.15) is 0 Å². The van der Waals surface area contributed by atoms with Gasteiger partial charge >= 0.3 is 0 Å². The molecule has 0 radical (unpaired) electrons. The number of rotatable bonds is 3. The van der Waals surface area contributed by atoms with E-state index in [1.165, 1.54) is 22.7 Å². The van der Waals surface area contributed by atoms with Crippen molar-refractivity contribution in [2.45, 2.75) is 19.4 Å². The molecule has 4 nitrogen and oxygen atoms in total. The minimum atomic E-state index is -0.484. The van der Waals surface area contributed by atoms with Gasteiger partial charge in [-0.25, -0.2) is 4.98 Å². The van der Waals surface area contributed by atoms with Crippen LogP contribution in [0.4, 0.5) is 5.69 Å². The van der Waals surface area contributed by atoms with Crippen molar-refractivity contribution in [1.82, 2.24) is 10.3 Å². The van der Waals surface area contributed by atoms with E-state index in [9.17, 15) is 4.79 Å². The summed E-state index contributed by atoms with van der Waals surface area (Å²) in [5.74, 6) is -0.155. The van der Waals surface area contributed by atoms with Crippen molar-refractivity contribution in [2.24, 2.45) is 0 Å². The van der Waals surface area contributed by atoms with Crippen LogP contribution in [-0.4, -0.2) is 10.9 Å². The number of nitrogen functional groups attached to an aromatic ring is 1. The smallest absolute Gasteiger partial charge is 0.264 e. The van der Waals surface area contributed by atoms with Gasteiger partial charge in [-0.15, -0.1) is 22.7 Å². The summed E-state index contributed by atoms with van der Waals surface area (Å²) in [6.07, 6.45) is 1.73. The molecule has 90 valence electrons. The molecule has 1 amide bonds. The first kappa shape index (κ1) is 12.1. The van der Waals surface area contributed by atoms with Crippen molar-refractivity contribution in [2.75, 3.05) is 5.73 Å². The molecular formula is C11H13N3OS2. The maximum absolute atomic E-state index is 12.0. The topological polar surface area (TPSA) is 68.0 Å². The van der Waals surface area contributed by atoms with E-state index in [0.29, 0.717) is 10.6 Å². The Balaban J connectivity index is 2.17. The zero-order valence-electron chi connectivity index (χ0n) is 9.56. The molecule has 17 heavy (non-hydrogen) atoms. The molecule has 0 spiro atoms. The Morgan fingerprint density at radius 2 is 2.18 bits per heavy atom. The number of hydrogen-bond donors (Lipinski definition) is 2. The Labute approximate surface area is 107 Å². The second kappa shape index (κ2) is 4.46. The molecule has 6 heteroatoms. The van der Waals surface area contributed by atoms with Crippen molar-refractivity contribution in [3.63, 3.8) is 0 Å². The number of carbonyl (C=O) groups excluding carboxylic acids is 1. The molecule has 2 aromatic heterocycles. The number of aromatic nitrogens is 1. The van der Waals surface area contributed by atoms with E-state index in [1.54, 1.807) is 17.6 Å². The van der Waals surface area contributed by atoms with Gasteiger partial charge in [0.05, 0.1) is 11.2 Å². The molecule has 0 unspecified atom stereocenters. The van der Waals surface area contributed by atoms with Gasteiger partial charge in [0.25, 0.3) is 5.91 Å². The molecule has 0 aliphatic heterocycles. The monoisotopic (exact) mass is 267 g/mol. The van der Waals surface area contributed by atoms with Crippen molar-refractivity contribution < 1.29 is 4.79 Å². The largest absolute Gasteiger partial charge is 0.397 e. The van der Waals surface area contributed by atoms with E-state index < -0.39 is 5.54 Å². The van der Waals surface area contributed by atoms with Gasteiger partial charge in [0.15, 0.2) is 0 Å². The van der Waals surface area contributed by atoms with Crippen LogP contribution in [-0.2, 0) is 5.54 Å². The second-order valence-electron chi connectivity index (χ2n) is 4.12. The predicted molar refractivity (Wildman–Crippen MR) is 71.3 cm³/mol. The van der Waals surface area contributed by atoms with Crippen LogP contribution in [0.3, 0.4) is 0 Å². The van der Waals surface area contributed by atoms with Crippen LogP contribution in [0.2, 0.25) is 0 Å². The number of anilines is 1. The number of nitrogens with one attached hydrogen (secondary N) is 1. The summed E-state index contributed by atoms with van der Waals surface area (Å²) in [6, 6.07) is 1.73. The maximum atomic E-state index is 12.0. The van der Waals surface area contributed by atoms with Gasteiger partial charge in [-0.1, -0.05) is 0 Å². The first-order valence-corrected chi connectivity index (χ1v) is 6.82. The first-order valence-electron chi connectivity index (χ1n) is 5.06. The van der Waals surface area contributed by atoms with Crippen LogP contribution in [0.5, 0.6) is 0 Å².